The Kier molecular flexibility index (Phi) is 5.35. The third-order valence-corrected chi connectivity index (χ3v) is 2.39. The Balaban J connectivity index is 2.85. The van der Waals surface area contributed by atoms with Crippen LogP contribution in [-0.2, 0) is 4.74 Å². The summed E-state index contributed by atoms with van der Waals surface area (Å²) in [5.41, 5.74) is 0.360. The molecule has 0 aromatic heterocycles. The summed E-state index contributed by atoms with van der Waals surface area (Å²) in [6.07, 6.45) is 0.616. The fourth-order valence-electron chi connectivity index (χ4n) is 1.63. The summed E-state index contributed by atoms with van der Waals surface area (Å²) < 4.78 is 31.5. The molecular weight excluding hydrogens is 212 g/mol. The molecule has 2 nitrogen and oxygen atoms in total. The van der Waals surface area contributed by atoms with E-state index in [0.717, 1.165) is 12.1 Å². The quantitative estimate of drug-likeness (QED) is 0.809. The van der Waals surface area contributed by atoms with Gasteiger partial charge in [-0.05, 0) is 31.2 Å². The van der Waals surface area contributed by atoms with E-state index in [0.29, 0.717) is 25.1 Å². The largest absolute Gasteiger partial charge is 0.385 e. The number of benzene rings is 1. The smallest absolute Gasteiger partial charge is 0.128 e. The van der Waals surface area contributed by atoms with Gasteiger partial charge in [-0.1, -0.05) is 6.92 Å². The summed E-state index contributed by atoms with van der Waals surface area (Å²) in [5, 5.41) is 3.12. The maximum atomic E-state index is 13.5. The van der Waals surface area contributed by atoms with E-state index in [2.05, 4.69) is 5.32 Å². The minimum Gasteiger partial charge on any atom is -0.385 e. The van der Waals surface area contributed by atoms with Crippen LogP contribution in [0.5, 0.6) is 0 Å². The van der Waals surface area contributed by atoms with Gasteiger partial charge in [-0.25, -0.2) is 8.78 Å². The van der Waals surface area contributed by atoms with Crippen molar-refractivity contribution in [3.05, 3.63) is 35.4 Å². The van der Waals surface area contributed by atoms with Crippen LogP contribution in [-0.4, -0.2) is 20.3 Å². The number of halogens is 2. The average molecular weight is 229 g/mol. The highest BCUT2D eigenvalue weighted by Crippen LogP contribution is 2.21. The van der Waals surface area contributed by atoms with Crippen molar-refractivity contribution in [2.45, 2.75) is 19.4 Å². The molecule has 0 radical (unpaired) electrons. The van der Waals surface area contributed by atoms with E-state index in [1.807, 2.05) is 6.92 Å². The Bertz CT molecular complexity index is 331. The van der Waals surface area contributed by atoms with E-state index in [1.54, 1.807) is 7.11 Å². The molecule has 1 rings (SSSR count). The SMILES string of the molecule is CCNC(CCOC)c1cc(F)ccc1F. The third kappa shape index (κ3) is 3.54. The molecule has 0 heterocycles. The molecule has 16 heavy (non-hydrogen) atoms. The second kappa shape index (κ2) is 6.55. The number of nitrogens with one attached hydrogen (secondary N) is 1. The van der Waals surface area contributed by atoms with Crippen molar-refractivity contribution < 1.29 is 13.5 Å². The van der Waals surface area contributed by atoms with E-state index in [-0.39, 0.29) is 11.9 Å². The minimum atomic E-state index is -0.420. The van der Waals surface area contributed by atoms with Crippen LogP contribution in [0, 0.1) is 11.6 Å². The van der Waals surface area contributed by atoms with Crippen LogP contribution in [0.15, 0.2) is 18.2 Å². The van der Waals surface area contributed by atoms with Crippen LogP contribution in [0.2, 0.25) is 0 Å². The minimum absolute atomic E-state index is 0.208. The van der Waals surface area contributed by atoms with Crippen LogP contribution < -0.4 is 5.32 Å². The highest BCUT2D eigenvalue weighted by molar-refractivity contribution is 5.22. The van der Waals surface area contributed by atoms with E-state index in [4.69, 9.17) is 4.74 Å². The molecule has 0 spiro atoms. The van der Waals surface area contributed by atoms with Gasteiger partial charge in [-0.3, -0.25) is 0 Å². The second-order valence-corrected chi connectivity index (χ2v) is 3.56. The Hall–Kier alpha value is -1.00. The van der Waals surface area contributed by atoms with Crippen molar-refractivity contribution in [3.8, 4) is 0 Å². The Morgan fingerprint density at radius 2 is 2.12 bits per heavy atom. The molecule has 90 valence electrons. The van der Waals surface area contributed by atoms with E-state index in [9.17, 15) is 8.78 Å². The molecule has 4 heteroatoms. The lowest BCUT2D eigenvalue weighted by Gasteiger charge is -2.18. The number of hydrogen-bond donors (Lipinski definition) is 1. The first kappa shape index (κ1) is 13.1. The summed E-state index contributed by atoms with van der Waals surface area (Å²) >= 11 is 0. The Labute approximate surface area is 94.6 Å². The van der Waals surface area contributed by atoms with Crippen molar-refractivity contribution in [2.24, 2.45) is 0 Å². The van der Waals surface area contributed by atoms with Gasteiger partial charge in [0.15, 0.2) is 0 Å². The monoisotopic (exact) mass is 229 g/mol. The highest BCUT2D eigenvalue weighted by Gasteiger charge is 2.15. The number of rotatable bonds is 6. The first-order valence-electron chi connectivity index (χ1n) is 5.36. The molecule has 0 saturated carbocycles. The molecule has 0 saturated heterocycles. The normalized spacial score (nSPS) is 12.8. The van der Waals surface area contributed by atoms with Crippen molar-refractivity contribution in [2.75, 3.05) is 20.3 Å². The summed E-state index contributed by atoms with van der Waals surface area (Å²) in [6.45, 7) is 3.13. The topological polar surface area (TPSA) is 21.3 Å². The average Bonchev–Trinajstić information content (AvgIpc) is 2.28. The van der Waals surface area contributed by atoms with Crippen LogP contribution in [0.25, 0.3) is 0 Å². The zero-order chi connectivity index (χ0) is 12.0. The predicted molar refractivity (Wildman–Crippen MR) is 59.3 cm³/mol. The zero-order valence-corrected chi connectivity index (χ0v) is 9.59. The maximum Gasteiger partial charge on any atom is 0.128 e. The molecule has 0 aliphatic rings. The molecule has 1 unspecified atom stereocenters. The van der Waals surface area contributed by atoms with E-state index < -0.39 is 5.82 Å². The molecule has 0 aliphatic heterocycles. The fourth-order valence-corrected chi connectivity index (χ4v) is 1.63. The van der Waals surface area contributed by atoms with Crippen LogP contribution in [0.1, 0.15) is 24.9 Å². The summed E-state index contributed by atoms with van der Waals surface area (Å²) in [4.78, 5) is 0. The number of hydrogen-bond acceptors (Lipinski definition) is 2. The predicted octanol–water partition coefficient (Wildman–Crippen LogP) is 2.65. The van der Waals surface area contributed by atoms with Gasteiger partial charge in [0.1, 0.15) is 11.6 Å². The summed E-state index contributed by atoms with van der Waals surface area (Å²) in [5.74, 6) is -0.805. The molecule has 1 atom stereocenters. The van der Waals surface area contributed by atoms with Crippen molar-refractivity contribution in [1.82, 2.24) is 5.32 Å². The van der Waals surface area contributed by atoms with Crippen molar-refractivity contribution in [1.29, 1.82) is 0 Å². The zero-order valence-electron chi connectivity index (χ0n) is 9.59. The van der Waals surface area contributed by atoms with E-state index >= 15 is 0 Å². The number of ether oxygens (including phenoxy) is 1. The molecular formula is C12H17F2NO. The second-order valence-electron chi connectivity index (χ2n) is 3.56. The molecule has 1 aromatic rings. The Morgan fingerprint density at radius 1 is 1.38 bits per heavy atom. The van der Waals surface area contributed by atoms with Crippen LogP contribution in [0.3, 0.4) is 0 Å². The van der Waals surface area contributed by atoms with Crippen molar-refractivity contribution >= 4 is 0 Å². The van der Waals surface area contributed by atoms with Gasteiger partial charge < -0.3 is 10.1 Å². The Morgan fingerprint density at radius 3 is 2.75 bits per heavy atom. The van der Waals surface area contributed by atoms with Gasteiger partial charge in [-0.15, -0.1) is 0 Å². The van der Waals surface area contributed by atoms with Crippen LogP contribution >= 0.6 is 0 Å². The fraction of sp³-hybridized carbons (Fsp3) is 0.500. The summed E-state index contributed by atoms with van der Waals surface area (Å²) in [7, 11) is 1.59. The summed E-state index contributed by atoms with van der Waals surface area (Å²) in [6, 6.07) is 3.30. The molecule has 1 aromatic carbocycles. The maximum absolute atomic E-state index is 13.5. The van der Waals surface area contributed by atoms with Gasteiger partial charge in [0.05, 0.1) is 0 Å². The highest BCUT2D eigenvalue weighted by atomic mass is 19.1. The third-order valence-electron chi connectivity index (χ3n) is 2.39. The molecule has 0 aliphatic carbocycles. The molecule has 0 bridgehead atoms. The molecule has 0 fully saturated rings. The first-order valence-corrected chi connectivity index (χ1v) is 5.36. The lowest BCUT2D eigenvalue weighted by Crippen LogP contribution is -2.23. The van der Waals surface area contributed by atoms with Gasteiger partial charge in [-0.2, -0.15) is 0 Å². The first-order chi connectivity index (χ1) is 7.69. The molecule has 0 amide bonds. The van der Waals surface area contributed by atoms with Crippen LogP contribution in [0.4, 0.5) is 8.78 Å². The van der Waals surface area contributed by atoms with E-state index in [1.165, 1.54) is 6.07 Å². The van der Waals surface area contributed by atoms with Crippen molar-refractivity contribution in [3.63, 3.8) is 0 Å². The van der Waals surface area contributed by atoms with Gasteiger partial charge in [0, 0.05) is 25.3 Å². The van der Waals surface area contributed by atoms with Gasteiger partial charge in [0.25, 0.3) is 0 Å². The lowest BCUT2D eigenvalue weighted by molar-refractivity contribution is 0.182. The molecule has 1 N–H and O–H groups in total. The standard InChI is InChI=1S/C12H17F2NO/c1-3-15-12(6-7-16-2)10-8-9(13)4-5-11(10)14/h4-5,8,12,15H,3,6-7H2,1-2H3. The van der Waals surface area contributed by atoms with Gasteiger partial charge >= 0.3 is 0 Å². The number of methoxy groups -OCH3 is 1. The lowest BCUT2D eigenvalue weighted by atomic mass is 10.0. The van der Waals surface area contributed by atoms with Gasteiger partial charge in [0.2, 0.25) is 0 Å².